The molecule has 3 amide bonds. The summed E-state index contributed by atoms with van der Waals surface area (Å²) >= 11 is 1.32. The summed E-state index contributed by atoms with van der Waals surface area (Å²) in [7, 11) is 0. The standard InChI is InChI=1S/C21H26N4O3S.C2HF3O2/c1-14(24-20(27)18-5-3-11-29-18)21(28)25-10-2-4-17(25)19(26)23-13-16-8-6-15(12-22)7-9-16;3-2(4,5)1(6)7/h3,5-9,11,14,17H,2,4,10,12-13,22H2,1H3,(H,23,26)(H,24,27);(H,6,7). The Morgan fingerprint density at radius 2 is 1.78 bits per heavy atom. The highest BCUT2D eigenvalue weighted by Gasteiger charge is 2.38. The second-order valence-electron chi connectivity index (χ2n) is 7.90. The van der Waals surface area contributed by atoms with Crippen LogP contribution in [0.4, 0.5) is 13.2 Å². The first-order chi connectivity index (χ1) is 16.9. The first kappa shape index (κ1) is 28.8. The Kier molecular flexibility index (Phi) is 10.4. The fraction of sp³-hybridized carbons (Fsp3) is 0.391. The zero-order valence-corrected chi connectivity index (χ0v) is 20.2. The van der Waals surface area contributed by atoms with Crippen LogP contribution in [0, 0.1) is 0 Å². The monoisotopic (exact) mass is 528 g/mol. The summed E-state index contributed by atoms with van der Waals surface area (Å²) in [6.07, 6.45) is -3.70. The van der Waals surface area contributed by atoms with Gasteiger partial charge in [-0.3, -0.25) is 14.4 Å². The number of halogens is 3. The molecule has 1 aromatic heterocycles. The van der Waals surface area contributed by atoms with Crippen molar-refractivity contribution in [3.63, 3.8) is 0 Å². The maximum absolute atomic E-state index is 12.8. The first-order valence-corrected chi connectivity index (χ1v) is 11.8. The number of carboxylic acids is 1. The maximum atomic E-state index is 12.8. The van der Waals surface area contributed by atoms with Gasteiger partial charge in [-0.1, -0.05) is 30.3 Å². The SMILES string of the molecule is CC(NC(=O)c1cccs1)C(=O)N1CCCC1C(=O)NCc1ccc(CN)cc1.O=C(O)C(F)(F)F. The molecular formula is C23H27F3N4O5S. The van der Waals surface area contributed by atoms with Gasteiger partial charge < -0.3 is 26.4 Å². The number of likely N-dealkylation sites (tertiary alicyclic amines) is 1. The zero-order valence-electron chi connectivity index (χ0n) is 19.4. The van der Waals surface area contributed by atoms with E-state index >= 15 is 0 Å². The van der Waals surface area contributed by atoms with Crippen LogP contribution in [-0.4, -0.2) is 58.5 Å². The lowest BCUT2D eigenvalue weighted by Gasteiger charge is -2.27. The molecule has 0 bridgehead atoms. The van der Waals surface area contributed by atoms with Gasteiger partial charge in [-0.05, 0) is 42.3 Å². The van der Waals surface area contributed by atoms with Gasteiger partial charge in [0.05, 0.1) is 4.88 Å². The Morgan fingerprint density at radius 1 is 1.17 bits per heavy atom. The molecule has 2 unspecified atom stereocenters. The zero-order chi connectivity index (χ0) is 26.9. The van der Waals surface area contributed by atoms with Crippen molar-refractivity contribution in [2.45, 2.75) is 51.1 Å². The van der Waals surface area contributed by atoms with Gasteiger partial charge in [-0.25, -0.2) is 4.79 Å². The van der Waals surface area contributed by atoms with E-state index in [9.17, 15) is 27.6 Å². The topological polar surface area (TPSA) is 142 Å². The second-order valence-corrected chi connectivity index (χ2v) is 8.85. The third-order valence-electron chi connectivity index (χ3n) is 5.27. The number of carboxylic acid groups (broad SMARTS) is 1. The molecule has 9 nitrogen and oxygen atoms in total. The highest BCUT2D eigenvalue weighted by Crippen LogP contribution is 2.19. The molecule has 36 heavy (non-hydrogen) atoms. The number of nitrogens with zero attached hydrogens (tertiary/aromatic N) is 1. The number of carbonyl (C=O) groups excluding carboxylic acids is 3. The minimum atomic E-state index is -5.08. The highest BCUT2D eigenvalue weighted by molar-refractivity contribution is 7.12. The summed E-state index contributed by atoms with van der Waals surface area (Å²) in [4.78, 5) is 48.7. The van der Waals surface area contributed by atoms with Gasteiger partial charge in [0.2, 0.25) is 11.8 Å². The maximum Gasteiger partial charge on any atom is 0.490 e. The van der Waals surface area contributed by atoms with Gasteiger partial charge in [0.1, 0.15) is 12.1 Å². The molecule has 2 atom stereocenters. The van der Waals surface area contributed by atoms with E-state index in [1.807, 2.05) is 29.6 Å². The van der Waals surface area contributed by atoms with Gasteiger partial charge in [-0.2, -0.15) is 13.2 Å². The van der Waals surface area contributed by atoms with E-state index in [-0.39, 0.29) is 17.7 Å². The number of nitrogens with one attached hydrogen (secondary N) is 2. The molecule has 0 aliphatic carbocycles. The Hall–Kier alpha value is -3.45. The number of thiophene rings is 1. The Morgan fingerprint density at radius 3 is 2.31 bits per heavy atom. The molecule has 0 radical (unpaired) electrons. The summed E-state index contributed by atoms with van der Waals surface area (Å²) in [6, 6.07) is 10.0. The van der Waals surface area contributed by atoms with E-state index in [1.165, 1.54) is 11.3 Å². The summed E-state index contributed by atoms with van der Waals surface area (Å²) < 4.78 is 31.7. The Labute approximate surface area is 209 Å². The van der Waals surface area contributed by atoms with E-state index in [4.69, 9.17) is 15.6 Å². The number of rotatable bonds is 7. The van der Waals surface area contributed by atoms with Crippen molar-refractivity contribution in [2.24, 2.45) is 5.73 Å². The summed E-state index contributed by atoms with van der Waals surface area (Å²) in [6.45, 7) is 3.04. The largest absolute Gasteiger partial charge is 0.490 e. The number of hydrogen-bond donors (Lipinski definition) is 4. The molecule has 1 fully saturated rings. The molecule has 0 spiro atoms. The van der Waals surface area contributed by atoms with Crippen LogP contribution in [0.25, 0.3) is 0 Å². The average molecular weight is 529 g/mol. The van der Waals surface area contributed by atoms with E-state index in [1.54, 1.807) is 24.0 Å². The normalized spacial score (nSPS) is 15.9. The molecule has 196 valence electrons. The third-order valence-corrected chi connectivity index (χ3v) is 6.14. The van der Waals surface area contributed by atoms with Gasteiger partial charge in [0.25, 0.3) is 5.91 Å². The smallest absolute Gasteiger partial charge is 0.475 e. The quantitative estimate of drug-likeness (QED) is 0.434. The fourth-order valence-electron chi connectivity index (χ4n) is 3.39. The van der Waals surface area contributed by atoms with Crippen LogP contribution >= 0.6 is 11.3 Å². The summed E-state index contributed by atoms with van der Waals surface area (Å²) in [5.74, 6) is -3.44. The van der Waals surface area contributed by atoms with Crippen LogP contribution in [0.1, 0.15) is 40.6 Å². The highest BCUT2D eigenvalue weighted by atomic mass is 32.1. The van der Waals surface area contributed by atoms with Crippen LogP contribution in [0.5, 0.6) is 0 Å². The van der Waals surface area contributed by atoms with Crippen molar-refractivity contribution in [1.82, 2.24) is 15.5 Å². The van der Waals surface area contributed by atoms with Crippen molar-refractivity contribution in [3.05, 3.63) is 57.8 Å². The van der Waals surface area contributed by atoms with E-state index in [2.05, 4.69) is 10.6 Å². The number of carbonyl (C=O) groups is 4. The van der Waals surface area contributed by atoms with Crippen LogP contribution in [0.2, 0.25) is 0 Å². The van der Waals surface area contributed by atoms with Crippen LogP contribution in [0.3, 0.4) is 0 Å². The van der Waals surface area contributed by atoms with E-state index < -0.39 is 24.2 Å². The Balaban J connectivity index is 0.000000572. The minimum absolute atomic E-state index is 0.171. The van der Waals surface area contributed by atoms with Crippen LogP contribution in [-0.2, 0) is 27.5 Å². The Bertz CT molecular complexity index is 1050. The number of benzene rings is 1. The van der Waals surface area contributed by atoms with Crippen molar-refractivity contribution in [1.29, 1.82) is 0 Å². The van der Waals surface area contributed by atoms with Gasteiger partial charge in [0.15, 0.2) is 0 Å². The number of aliphatic carboxylic acids is 1. The van der Waals surface area contributed by atoms with Crippen molar-refractivity contribution >= 4 is 35.0 Å². The molecule has 1 aliphatic heterocycles. The fourth-order valence-corrected chi connectivity index (χ4v) is 4.02. The molecule has 0 saturated carbocycles. The van der Waals surface area contributed by atoms with Crippen molar-refractivity contribution < 1.29 is 37.5 Å². The molecule has 1 aliphatic rings. The summed E-state index contributed by atoms with van der Waals surface area (Å²) in [5, 5.41) is 14.6. The van der Waals surface area contributed by atoms with Crippen molar-refractivity contribution in [2.75, 3.05) is 6.54 Å². The molecule has 1 aromatic carbocycles. The minimum Gasteiger partial charge on any atom is -0.475 e. The predicted molar refractivity (Wildman–Crippen MR) is 126 cm³/mol. The lowest BCUT2D eigenvalue weighted by molar-refractivity contribution is -0.192. The van der Waals surface area contributed by atoms with Gasteiger partial charge >= 0.3 is 12.1 Å². The van der Waals surface area contributed by atoms with Crippen molar-refractivity contribution in [3.8, 4) is 0 Å². The number of amides is 3. The first-order valence-electron chi connectivity index (χ1n) is 10.9. The predicted octanol–water partition coefficient (Wildman–Crippen LogP) is 2.27. The molecular weight excluding hydrogens is 501 g/mol. The summed E-state index contributed by atoms with van der Waals surface area (Å²) in [5.41, 5.74) is 7.61. The molecule has 1 saturated heterocycles. The van der Waals surface area contributed by atoms with Crippen LogP contribution in [0.15, 0.2) is 41.8 Å². The lowest BCUT2D eigenvalue weighted by atomic mass is 10.1. The molecule has 3 rings (SSSR count). The lowest BCUT2D eigenvalue weighted by Crippen LogP contribution is -2.52. The van der Waals surface area contributed by atoms with E-state index in [0.717, 1.165) is 17.5 Å². The molecule has 2 heterocycles. The van der Waals surface area contributed by atoms with Gasteiger partial charge in [-0.15, -0.1) is 11.3 Å². The van der Waals surface area contributed by atoms with Crippen LogP contribution < -0.4 is 16.4 Å². The van der Waals surface area contributed by atoms with E-state index in [0.29, 0.717) is 30.9 Å². The number of alkyl halides is 3. The molecule has 13 heteroatoms. The van der Waals surface area contributed by atoms with Gasteiger partial charge in [0, 0.05) is 19.6 Å². The third kappa shape index (κ3) is 8.34. The second kappa shape index (κ2) is 13.0. The molecule has 5 N–H and O–H groups in total. The number of nitrogens with two attached hydrogens (primary N) is 1. The molecule has 2 aromatic rings. The number of hydrogen-bond acceptors (Lipinski definition) is 6. The average Bonchev–Trinajstić information content (AvgIpc) is 3.55.